The molecule has 2 heteroatoms. The number of carbonyl (C=O) groups is 1. The molecular formula is C7H10O2. The molecule has 0 radical (unpaired) electrons. The van der Waals surface area contributed by atoms with E-state index in [0.717, 1.165) is 0 Å². The van der Waals surface area contributed by atoms with E-state index < -0.39 is 0 Å². The summed E-state index contributed by atoms with van der Waals surface area (Å²) >= 11 is 0. The molecule has 0 aliphatic rings. The van der Waals surface area contributed by atoms with E-state index in [9.17, 15) is 4.79 Å². The molecular weight excluding hydrogens is 116 g/mol. The molecule has 0 spiro atoms. The first-order chi connectivity index (χ1) is 4.16. The number of hydrogen-bond donors (Lipinski definition) is 0. The Morgan fingerprint density at radius 1 is 1.67 bits per heavy atom. The van der Waals surface area contributed by atoms with Crippen molar-refractivity contribution in [3.05, 3.63) is 0 Å². The van der Waals surface area contributed by atoms with E-state index in [1.807, 2.05) is 0 Å². The second-order valence-corrected chi connectivity index (χ2v) is 1.65. The lowest BCUT2D eigenvalue weighted by Gasteiger charge is -2.01. The van der Waals surface area contributed by atoms with Crippen LogP contribution in [0.15, 0.2) is 0 Å². The fourth-order valence-corrected chi connectivity index (χ4v) is 0.482. The van der Waals surface area contributed by atoms with Gasteiger partial charge in [-0.1, -0.05) is 5.92 Å². The molecule has 9 heavy (non-hydrogen) atoms. The summed E-state index contributed by atoms with van der Waals surface area (Å²) in [7, 11) is 0. The second kappa shape index (κ2) is 3.96. The highest BCUT2D eigenvalue weighted by atomic mass is 16.5. The van der Waals surface area contributed by atoms with E-state index >= 15 is 0 Å². The molecule has 0 aliphatic carbocycles. The Hall–Kier alpha value is -0.970. The quantitative estimate of drug-likeness (QED) is 0.386. The minimum atomic E-state index is -0.287. The summed E-state index contributed by atoms with van der Waals surface area (Å²) in [6.45, 7) is 4.81. The van der Waals surface area contributed by atoms with Crippen LogP contribution in [0.1, 0.15) is 20.8 Å². The Balaban J connectivity index is 3.59. The van der Waals surface area contributed by atoms with E-state index in [1.54, 1.807) is 13.8 Å². The fraction of sp³-hybridized carbons (Fsp3) is 0.571. The van der Waals surface area contributed by atoms with Gasteiger partial charge in [-0.15, -0.1) is 5.92 Å². The molecule has 0 fully saturated rings. The van der Waals surface area contributed by atoms with Gasteiger partial charge in [0.1, 0.15) is 0 Å². The van der Waals surface area contributed by atoms with Crippen LogP contribution in [-0.4, -0.2) is 12.1 Å². The van der Waals surface area contributed by atoms with E-state index in [1.165, 1.54) is 6.92 Å². The van der Waals surface area contributed by atoms with Crippen LogP contribution in [-0.2, 0) is 9.53 Å². The average molecular weight is 126 g/mol. The van der Waals surface area contributed by atoms with Gasteiger partial charge < -0.3 is 4.74 Å². The van der Waals surface area contributed by atoms with Gasteiger partial charge >= 0.3 is 5.97 Å². The third kappa shape index (κ3) is 4.89. The first-order valence-corrected chi connectivity index (χ1v) is 2.76. The van der Waals surface area contributed by atoms with Crippen molar-refractivity contribution in [1.82, 2.24) is 0 Å². The number of carbonyl (C=O) groups excluding carboxylic acids is 1. The third-order valence-corrected chi connectivity index (χ3v) is 0.690. The number of esters is 1. The van der Waals surface area contributed by atoms with Crippen LogP contribution < -0.4 is 0 Å². The number of ether oxygens (including phenoxy) is 1. The highest BCUT2D eigenvalue weighted by molar-refractivity contribution is 5.66. The van der Waals surface area contributed by atoms with Crippen LogP contribution in [0.3, 0.4) is 0 Å². The predicted octanol–water partition coefficient (Wildman–Crippen LogP) is 0.961. The summed E-state index contributed by atoms with van der Waals surface area (Å²) in [6.07, 6.45) is -0.271. The maximum atomic E-state index is 10.2. The Kier molecular flexibility index (Phi) is 3.54. The van der Waals surface area contributed by atoms with Gasteiger partial charge in [0.2, 0.25) is 0 Å². The summed E-state index contributed by atoms with van der Waals surface area (Å²) < 4.78 is 4.68. The maximum absolute atomic E-state index is 10.2. The van der Waals surface area contributed by atoms with Crippen molar-refractivity contribution in [2.45, 2.75) is 26.9 Å². The van der Waals surface area contributed by atoms with Crippen LogP contribution in [0.4, 0.5) is 0 Å². The Labute approximate surface area is 55.2 Å². The molecule has 1 atom stereocenters. The molecule has 0 N–H and O–H groups in total. The molecule has 0 aliphatic heterocycles. The molecule has 50 valence electrons. The Morgan fingerprint density at radius 2 is 2.22 bits per heavy atom. The van der Waals surface area contributed by atoms with Crippen LogP contribution in [0, 0.1) is 11.8 Å². The topological polar surface area (TPSA) is 26.3 Å². The summed E-state index contributed by atoms with van der Waals surface area (Å²) in [5.41, 5.74) is 0. The van der Waals surface area contributed by atoms with Crippen LogP contribution >= 0.6 is 0 Å². The zero-order valence-corrected chi connectivity index (χ0v) is 5.89. The van der Waals surface area contributed by atoms with Crippen molar-refractivity contribution < 1.29 is 9.53 Å². The molecule has 0 aromatic heterocycles. The van der Waals surface area contributed by atoms with E-state index in [0.29, 0.717) is 0 Å². The molecule has 0 saturated heterocycles. The molecule has 0 heterocycles. The molecule has 0 saturated carbocycles. The van der Waals surface area contributed by atoms with Gasteiger partial charge in [0.15, 0.2) is 6.10 Å². The monoisotopic (exact) mass is 126 g/mol. The Morgan fingerprint density at radius 3 is 2.56 bits per heavy atom. The largest absolute Gasteiger partial charge is 0.450 e. The highest BCUT2D eigenvalue weighted by Crippen LogP contribution is 1.87. The lowest BCUT2D eigenvalue weighted by atomic mass is 10.4. The standard InChI is InChI=1S/C7H10O2/c1-4-5-6(2)9-7(3)8/h6H,1-3H3/t6-/m1/s1. The zero-order chi connectivity index (χ0) is 7.28. The highest BCUT2D eigenvalue weighted by Gasteiger charge is 1.97. The molecule has 0 rings (SSSR count). The smallest absolute Gasteiger partial charge is 0.303 e. The van der Waals surface area contributed by atoms with Gasteiger partial charge in [-0.25, -0.2) is 0 Å². The number of hydrogen-bond acceptors (Lipinski definition) is 2. The van der Waals surface area contributed by atoms with E-state index in [4.69, 9.17) is 0 Å². The van der Waals surface area contributed by atoms with Crippen molar-refractivity contribution in [3.63, 3.8) is 0 Å². The molecule has 0 amide bonds. The first-order valence-electron chi connectivity index (χ1n) is 2.76. The number of rotatable bonds is 1. The lowest BCUT2D eigenvalue weighted by Crippen LogP contribution is -2.08. The summed E-state index contributed by atoms with van der Waals surface area (Å²) in [6, 6.07) is 0. The van der Waals surface area contributed by atoms with Crippen molar-refractivity contribution >= 4 is 5.97 Å². The maximum Gasteiger partial charge on any atom is 0.303 e. The normalized spacial score (nSPS) is 11.0. The van der Waals surface area contributed by atoms with Gasteiger partial charge in [0, 0.05) is 6.92 Å². The molecule has 2 nitrogen and oxygen atoms in total. The average Bonchev–Trinajstić information content (AvgIpc) is 1.63. The summed E-state index contributed by atoms with van der Waals surface area (Å²) in [5.74, 6) is 5.04. The van der Waals surface area contributed by atoms with Crippen molar-refractivity contribution in [2.75, 3.05) is 0 Å². The van der Waals surface area contributed by atoms with Crippen LogP contribution in [0.5, 0.6) is 0 Å². The van der Waals surface area contributed by atoms with Gasteiger partial charge in [-0.2, -0.15) is 0 Å². The molecule has 0 aromatic carbocycles. The summed E-state index contributed by atoms with van der Waals surface area (Å²) in [4.78, 5) is 10.2. The van der Waals surface area contributed by atoms with Crippen molar-refractivity contribution in [2.24, 2.45) is 0 Å². The SMILES string of the molecule is CC#C[C@@H](C)OC(C)=O. The van der Waals surface area contributed by atoms with Crippen LogP contribution in [0.2, 0.25) is 0 Å². The summed E-state index contributed by atoms with van der Waals surface area (Å²) in [5, 5.41) is 0. The van der Waals surface area contributed by atoms with Crippen molar-refractivity contribution in [3.8, 4) is 11.8 Å². The zero-order valence-electron chi connectivity index (χ0n) is 5.89. The third-order valence-electron chi connectivity index (χ3n) is 0.690. The second-order valence-electron chi connectivity index (χ2n) is 1.65. The Bertz CT molecular complexity index is 150. The van der Waals surface area contributed by atoms with E-state index in [-0.39, 0.29) is 12.1 Å². The van der Waals surface area contributed by atoms with E-state index in [2.05, 4.69) is 16.6 Å². The first kappa shape index (κ1) is 8.03. The predicted molar refractivity (Wildman–Crippen MR) is 34.7 cm³/mol. The minimum absolute atomic E-state index is 0.271. The van der Waals surface area contributed by atoms with Crippen LogP contribution in [0.25, 0.3) is 0 Å². The fourth-order valence-electron chi connectivity index (χ4n) is 0.482. The van der Waals surface area contributed by atoms with Gasteiger partial charge in [-0.05, 0) is 13.8 Å². The van der Waals surface area contributed by atoms with Crippen molar-refractivity contribution in [1.29, 1.82) is 0 Å². The van der Waals surface area contributed by atoms with Gasteiger partial charge in [0.05, 0.1) is 0 Å². The minimum Gasteiger partial charge on any atom is -0.450 e. The lowest BCUT2D eigenvalue weighted by molar-refractivity contribution is -0.143. The van der Waals surface area contributed by atoms with Gasteiger partial charge in [0.25, 0.3) is 0 Å². The molecule has 0 unspecified atom stereocenters. The van der Waals surface area contributed by atoms with Gasteiger partial charge in [-0.3, -0.25) is 4.79 Å². The molecule has 0 aromatic rings. The molecule has 0 bridgehead atoms.